The first-order chi connectivity index (χ1) is 12.0. The van der Waals surface area contributed by atoms with Crippen LogP contribution in [-0.2, 0) is 0 Å². The number of hydrazone groups is 1. The summed E-state index contributed by atoms with van der Waals surface area (Å²) in [7, 11) is 0. The molecule has 0 aliphatic rings. The van der Waals surface area contributed by atoms with Crippen LogP contribution < -0.4 is 5.43 Å². The van der Waals surface area contributed by atoms with Gasteiger partial charge in [0, 0.05) is 5.56 Å². The van der Waals surface area contributed by atoms with Gasteiger partial charge in [-0.2, -0.15) is 10.2 Å². The number of H-pyrrole nitrogens is 1. The summed E-state index contributed by atoms with van der Waals surface area (Å²) in [5, 5.41) is 11.7. The summed E-state index contributed by atoms with van der Waals surface area (Å²) in [6.07, 6.45) is 1.48. The lowest BCUT2D eigenvalue weighted by Crippen LogP contribution is -2.18. The van der Waals surface area contributed by atoms with Gasteiger partial charge in [0.05, 0.1) is 22.0 Å². The molecule has 25 heavy (non-hydrogen) atoms. The zero-order chi connectivity index (χ0) is 17.8. The van der Waals surface area contributed by atoms with E-state index in [0.717, 1.165) is 16.7 Å². The molecule has 0 aliphatic carbocycles. The lowest BCUT2D eigenvalue weighted by molar-refractivity contribution is 0.0950. The normalized spacial score (nSPS) is 11.0. The summed E-state index contributed by atoms with van der Waals surface area (Å²) in [5.74, 6) is -0.387. The number of rotatable bonds is 4. The molecule has 0 saturated heterocycles. The van der Waals surface area contributed by atoms with Crippen molar-refractivity contribution < 1.29 is 4.79 Å². The Labute approximate surface area is 154 Å². The van der Waals surface area contributed by atoms with Crippen LogP contribution >= 0.6 is 23.2 Å². The van der Waals surface area contributed by atoms with Crippen LogP contribution in [0.4, 0.5) is 0 Å². The number of hydrogen-bond acceptors (Lipinski definition) is 3. The lowest BCUT2D eigenvalue weighted by atomic mass is 10.1. The minimum absolute atomic E-state index is 0.321. The van der Waals surface area contributed by atoms with Gasteiger partial charge in [-0.1, -0.05) is 59.1 Å². The molecule has 1 aromatic heterocycles. The first kappa shape index (κ1) is 17.2. The first-order valence-electron chi connectivity index (χ1n) is 7.44. The largest absolute Gasteiger partial charge is 0.289 e. The molecule has 0 atom stereocenters. The van der Waals surface area contributed by atoms with E-state index in [2.05, 4.69) is 20.7 Å². The summed E-state index contributed by atoms with van der Waals surface area (Å²) in [6.45, 7) is 2.01. The van der Waals surface area contributed by atoms with Gasteiger partial charge in [-0.05, 0) is 30.7 Å². The predicted octanol–water partition coefficient (Wildman–Crippen LogP) is 4.46. The van der Waals surface area contributed by atoms with E-state index in [1.807, 2.05) is 31.2 Å². The summed E-state index contributed by atoms with van der Waals surface area (Å²) in [6, 6.07) is 14.6. The summed E-state index contributed by atoms with van der Waals surface area (Å²) >= 11 is 11.8. The number of aryl methyl sites for hydroxylation is 1. The molecule has 2 N–H and O–H groups in total. The van der Waals surface area contributed by atoms with Crippen LogP contribution in [0.1, 0.15) is 21.6 Å². The van der Waals surface area contributed by atoms with Crippen LogP contribution in [0.25, 0.3) is 11.3 Å². The molecule has 3 rings (SSSR count). The topological polar surface area (TPSA) is 70.1 Å². The zero-order valence-electron chi connectivity index (χ0n) is 13.3. The Bertz CT molecular complexity index is 933. The third kappa shape index (κ3) is 4.26. The van der Waals surface area contributed by atoms with Gasteiger partial charge in [0.15, 0.2) is 0 Å². The molecule has 5 nitrogen and oxygen atoms in total. The number of benzene rings is 2. The second-order valence-electron chi connectivity index (χ2n) is 5.41. The van der Waals surface area contributed by atoms with Crippen LogP contribution in [0.3, 0.4) is 0 Å². The fraction of sp³-hybridized carbons (Fsp3) is 0.0556. The van der Waals surface area contributed by atoms with Gasteiger partial charge in [-0.15, -0.1) is 0 Å². The van der Waals surface area contributed by atoms with Gasteiger partial charge in [0.2, 0.25) is 0 Å². The molecular weight excluding hydrogens is 359 g/mol. The molecule has 0 unspecified atom stereocenters. The second kappa shape index (κ2) is 7.51. The van der Waals surface area contributed by atoms with Crippen LogP contribution in [-0.4, -0.2) is 22.3 Å². The Morgan fingerprint density at radius 1 is 1.12 bits per heavy atom. The summed E-state index contributed by atoms with van der Waals surface area (Å²) < 4.78 is 0. The average Bonchev–Trinajstić information content (AvgIpc) is 3.09. The molecule has 0 aliphatic heterocycles. The highest BCUT2D eigenvalue weighted by Gasteiger charge is 2.10. The number of hydrogen-bond donors (Lipinski definition) is 2. The highest BCUT2D eigenvalue weighted by atomic mass is 35.5. The fourth-order valence-electron chi connectivity index (χ4n) is 2.13. The Hall–Kier alpha value is -2.63. The van der Waals surface area contributed by atoms with E-state index in [4.69, 9.17) is 23.2 Å². The maximum atomic E-state index is 12.1. The SMILES string of the molecule is Cc1ccc(-c2cc(C(=O)N/N=C/c3ccc(Cl)c(Cl)c3)[nH]n2)cc1. The Balaban J connectivity index is 1.66. The highest BCUT2D eigenvalue weighted by molar-refractivity contribution is 6.42. The number of nitrogens with zero attached hydrogens (tertiary/aromatic N) is 2. The van der Waals surface area contributed by atoms with Crippen LogP contribution in [0.15, 0.2) is 53.6 Å². The molecule has 0 radical (unpaired) electrons. The van der Waals surface area contributed by atoms with Crippen molar-refractivity contribution in [3.63, 3.8) is 0 Å². The van der Waals surface area contributed by atoms with Crippen LogP contribution in [0, 0.1) is 6.92 Å². The van der Waals surface area contributed by atoms with Crippen LogP contribution in [0.2, 0.25) is 10.0 Å². The summed E-state index contributed by atoms with van der Waals surface area (Å²) in [5.41, 5.74) is 6.27. The predicted molar refractivity (Wildman–Crippen MR) is 100 cm³/mol. The zero-order valence-corrected chi connectivity index (χ0v) is 14.8. The molecule has 1 amide bonds. The van der Waals surface area contributed by atoms with Gasteiger partial charge in [-0.3, -0.25) is 9.89 Å². The monoisotopic (exact) mass is 372 g/mol. The van der Waals surface area contributed by atoms with Crippen molar-refractivity contribution >= 4 is 35.3 Å². The number of amides is 1. The first-order valence-corrected chi connectivity index (χ1v) is 8.19. The minimum Gasteiger partial charge on any atom is -0.272 e. The molecule has 1 heterocycles. The van der Waals surface area contributed by atoms with Gasteiger partial charge in [0.1, 0.15) is 5.69 Å². The maximum absolute atomic E-state index is 12.1. The van der Waals surface area contributed by atoms with Gasteiger partial charge in [0.25, 0.3) is 5.91 Å². The third-order valence-corrected chi connectivity index (χ3v) is 4.23. The number of aromatic nitrogens is 2. The van der Waals surface area contributed by atoms with Gasteiger partial charge in [-0.25, -0.2) is 5.43 Å². The van der Waals surface area contributed by atoms with Crippen LogP contribution in [0.5, 0.6) is 0 Å². The highest BCUT2D eigenvalue weighted by Crippen LogP contribution is 2.22. The number of aromatic amines is 1. The van der Waals surface area contributed by atoms with Crippen molar-refractivity contribution in [2.45, 2.75) is 6.92 Å². The number of carbonyl (C=O) groups is 1. The molecule has 3 aromatic rings. The molecule has 0 saturated carbocycles. The van der Waals surface area contributed by atoms with E-state index in [9.17, 15) is 4.79 Å². The quantitative estimate of drug-likeness (QED) is 0.524. The minimum atomic E-state index is -0.387. The molecule has 0 bridgehead atoms. The third-order valence-electron chi connectivity index (χ3n) is 3.49. The molecular formula is C18H14Cl2N4O. The second-order valence-corrected chi connectivity index (χ2v) is 6.22. The number of halogens is 2. The number of nitrogens with one attached hydrogen (secondary N) is 2. The van der Waals surface area contributed by atoms with E-state index in [-0.39, 0.29) is 5.91 Å². The lowest BCUT2D eigenvalue weighted by Gasteiger charge is -1.98. The Morgan fingerprint density at radius 2 is 1.88 bits per heavy atom. The summed E-state index contributed by atoms with van der Waals surface area (Å²) in [4.78, 5) is 12.1. The smallest absolute Gasteiger partial charge is 0.272 e. The molecule has 2 aromatic carbocycles. The van der Waals surface area contributed by atoms with E-state index in [1.54, 1.807) is 24.3 Å². The van der Waals surface area contributed by atoms with E-state index < -0.39 is 0 Å². The van der Waals surface area contributed by atoms with Crippen molar-refractivity contribution in [2.75, 3.05) is 0 Å². The van der Waals surface area contributed by atoms with E-state index >= 15 is 0 Å². The van der Waals surface area contributed by atoms with Gasteiger partial charge >= 0.3 is 0 Å². The molecule has 0 fully saturated rings. The fourth-order valence-corrected chi connectivity index (χ4v) is 2.44. The van der Waals surface area contributed by atoms with E-state index in [1.165, 1.54) is 6.21 Å². The van der Waals surface area contributed by atoms with Crippen molar-refractivity contribution in [2.24, 2.45) is 5.10 Å². The molecule has 126 valence electrons. The number of carbonyl (C=O) groups excluding carboxylic acids is 1. The standard InChI is InChI=1S/C18H14Cl2N4O/c1-11-2-5-13(6-3-11)16-9-17(23-22-16)18(25)24-21-10-12-4-7-14(19)15(20)8-12/h2-10H,1H3,(H,22,23)(H,24,25)/b21-10+. The molecule has 7 heteroatoms. The molecule has 0 spiro atoms. The van der Waals surface area contributed by atoms with E-state index in [0.29, 0.717) is 21.4 Å². The Kier molecular flexibility index (Phi) is 5.16. The average molecular weight is 373 g/mol. The van der Waals surface area contributed by atoms with Crippen molar-refractivity contribution in [1.29, 1.82) is 0 Å². The maximum Gasteiger partial charge on any atom is 0.289 e. The van der Waals surface area contributed by atoms with Crippen molar-refractivity contribution in [1.82, 2.24) is 15.6 Å². The van der Waals surface area contributed by atoms with Gasteiger partial charge < -0.3 is 0 Å². The van der Waals surface area contributed by atoms with Crippen molar-refractivity contribution in [3.05, 3.63) is 75.4 Å². The Morgan fingerprint density at radius 3 is 2.60 bits per heavy atom. The van der Waals surface area contributed by atoms with Crippen molar-refractivity contribution in [3.8, 4) is 11.3 Å².